The molecule has 0 spiro atoms. The Bertz CT molecular complexity index is 697. The van der Waals surface area contributed by atoms with E-state index in [9.17, 15) is 0 Å². The van der Waals surface area contributed by atoms with Crippen molar-refractivity contribution in [1.82, 2.24) is 4.23 Å². The van der Waals surface area contributed by atoms with E-state index in [2.05, 4.69) is 82.3 Å². The van der Waals surface area contributed by atoms with Crippen LogP contribution in [0.2, 0.25) is 16.6 Å². The number of benzene rings is 1. The topological polar surface area (TPSA) is 4.93 Å². The number of rotatable bonds is 4. The Morgan fingerprint density at radius 3 is 2.18 bits per heavy atom. The van der Waals surface area contributed by atoms with Gasteiger partial charge in [-0.1, -0.05) is 65.8 Å². The van der Waals surface area contributed by atoms with E-state index < -0.39 is 8.24 Å². The third-order valence-corrected chi connectivity index (χ3v) is 12.5. The van der Waals surface area contributed by atoms with Crippen LogP contribution < -0.4 is 0 Å². The summed E-state index contributed by atoms with van der Waals surface area (Å²) in [6.07, 6.45) is 8.19. The highest BCUT2D eigenvalue weighted by Gasteiger charge is 2.46. The van der Waals surface area contributed by atoms with E-state index >= 15 is 0 Å². The maximum atomic E-state index is 2.76. The van der Waals surface area contributed by atoms with Gasteiger partial charge in [0.25, 0.3) is 0 Å². The monoisotopic (exact) mass is 311 g/mol. The second-order valence-corrected chi connectivity index (χ2v) is 13.4. The fourth-order valence-corrected chi connectivity index (χ4v) is 11.8. The second-order valence-electron chi connectivity index (χ2n) is 7.72. The molecule has 1 aromatic heterocycles. The second kappa shape index (κ2) is 5.41. The third-order valence-electron chi connectivity index (χ3n) is 5.77. The van der Waals surface area contributed by atoms with Crippen molar-refractivity contribution in [3.8, 4) is 0 Å². The molecule has 0 unspecified atom stereocenters. The Kier molecular flexibility index (Phi) is 3.84. The molecule has 0 saturated heterocycles. The minimum atomic E-state index is -1.67. The van der Waals surface area contributed by atoms with Crippen molar-refractivity contribution in [2.24, 2.45) is 0 Å². The summed E-state index contributed by atoms with van der Waals surface area (Å²) in [6.45, 7) is 14.7. The van der Waals surface area contributed by atoms with Gasteiger partial charge in [-0.3, -0.25) is 0 Å². The van der Waals surface area contributed by atoms with Crippen molar-refractivity contribution < 1.29 is 0 Å². The van der Waals surface area contributed by atoms with Crippen molar-refractivity contribution in [2.75, 3.05) is 0 Å². The number of aromatic nitrogens is 1. The number of hydrogen-bond acceptors (Lipinski definition) is 0. The molecule has 0 fully saturated rings. The normalized spacial score (nSPS) is 14.8. The van der Waals surface area contributed by atoms with Crippen molar-refractivity contribution in [3.05, 3.63) is 41.6 Å². The molecular formula is C20H29NSi. The van der Waals surface area contributed by atoms with E-state index in [4.69, 9.17) is 0 Å². The van der Waals surface area contributed by atoms with Crippen LogP contribution in [-0.2, 0) is 6.42 Å². The molecule has 1 aromatic carbocycles. The van der Waals surface area contributed by atoms with Gasteiger partial charge < -0.3 is 4.23 Å². The lowest BCUT2D eigenvalue weighted by Crippen LogP contribution is -2.51. The lowest BCUT2D eigenvalue weighted by atomic mass is 9.99. The zero-order valence-corrected chi connectivity index (χ0v) is 15.9. The predicted molar refractivity (Wildman–Crippen MR) is 101 cm³/mol. The van der Waals surface area contributed by atoms with Gasteiger partial charge in [0.15, 0.2) is 8.24 Å². The Morgan fingerprint density at radius 1 is 0.955 bits per heavy atom. The summed E-state index contributed by atoms with van der Waals surface area (Å²) in [5.74, 6) is 0. The first-order valence-electron chi connectivity index (χ1n) is 8.70. The molecule has 1 nitrogen and oxygen atoms in total. The maximum Gasteiger partial charge on any atom is 0.169 e. The Labute approximate surface area is 136 Å². The molecule has 3 rings (SSSR count). The van der Waals surface area contributed by atoms with E-state index in [0.29, 0.717) is 0 Å². The van der Waals surface area contributed by atoms with Gasteiger partial charge >= 0.3 is 0 Å². The van der Waals surface area contributed by atoms with Crippen molar-refractivity contribution in [2.45, 2.75) is 64.6 Å². The van der Waals surface area contributed by atoms with Crippen LogP contribution in [0.5, 0.6) is 0 Å². The quantitative estimate of drug-likeness (QED) is 0.589. The Hall–Kier alpha value is -1.28. The lowest BCUT2D eigenvalue weighted by Gasteiger charge is -2.44. The molecule has 2 heteroatoms. The Morgan fingerprint density at radius 2 is 1.59 bits per heavy atom. The minimum Gasteiger partial charge on any atom is -0.373 e. The fraction of sp³-hybridized carbons (Fsp3) is 0.500. The van der Waals surface area contributed by atoms with Crippen LogP contribution in [-0.4, -0.2) is 12.5 Å². The molecule has 0 N–H and O–H groups in total. The van der Waals surface area contributed by atoms with Crippen LogP contribution in [0.4, 0.5) is 0 Å². The first-order valence-corrected chi connectivity index (χ1v) is 10.9. The highest BCUT2D eigenvalue weighted by Crippen LogP contribution is 2.45. The number of nitrogens with zero attached hydrogens (tertiary/aromatic N) is 1. The van der Waals surface area contributed by atoms with Gasteiger partial charge in [0.05, 0.1) is 0 Å². The molecule has 0 amide bonds. The molecule has 118 valence electrons. The van der Waals surface area contributed by atoms with Gasteiger partial charge in [0, 0.05) is 10.9 Å². The van der Waals surface area contributed by atoms with Gasteiger partial charge in [-0.15, -0.1) is 0 Å². The van der Waals surface area contributed by atoms with E-state index in [1.54, 1.807) is 0 Å². The summed E-state index contributed by atoms with van der Waals surface area (Å²) in [6, 6.07) is 6.83. The van der Waals surface area contributed by atoms with Crippen molar-refractivity contribution in [3.63, 3.8) is 0 Å². The molecule has 0 saturated carbocycles. The van der Waals surface area contributed by atoms with E-state index in [-0.39, 0.29) is 0 Å². The molecule has 0 radical (unpaired) electrons. The molecule has 1 heterocycles. The maximum absolute atomic E-state index is 2.76. The van der Waals surface area contributed by atoms with Gasteiger partial charge in [-0.25, -0.2) is 0 Å². The molecule has 0 atom stereocenters. The molecule has 22 heavy (non-hydrogen) atoms. The van der Waals surface area contributed by atoms with Crippen LogP contribution in [0.15, 0.2) is 30.5 Å². The Balaban J connectivity index is 2.36. The lowest BCUT2D eigenvalue weighted by molar-refractivity contribution is 0.772. The van der Waals surface area contributed by atoms with Crippen molar-refractivity contribution in [1.29, 1.82) is 0 Å². The molecule has 1 aliphatic carbocycles. The molecule has 0 aliphatic heterocycles. The summed E-state index contributed by atoms with van der Waals surface area (Å²) in [7, 11) is -1.67. The SMILES string of the molecule is CC(C)[Si](C(C)C)(C(C)C)n1cc2c3c(cccc31)C=CC2. The largest absolute Gasteiger partial charge is 0.373 e. The summed E-state index contributed by atoms with van der Waals surface area (Å²) in [5, 5.41) is 1.50. The van der Waals surface area contributed by atoms with Crippen LogP contribution in [0.25, 0.3) is 17.0 Å². The number of allylic oxidation sites excluding steroid dienone is 1. The number of hydrogen-bond donors (Lipinski definition) is 0. The molecule has 2 aromatic rings. The zero-order chi connectivity index (χ0) is 16.1. The zero-order valence-electron chi connectivity index (χ0n) is 14.9. The summed E-state index contributed by atoms with van der Waals surface area (Å²) >= 11 is 0. The predicted octanol–water partition coefficient (Wildman–Crippen LogP) is 6.23. The first kappa shape index (κ1) is 15.6. The molecular weight excluding hydrogens is 282 g/mol. The average Bonchev–Trinajstić information content (AvgIpc) is 2.80. The van der Waals surface area contributed by atoms with Crippen molar-refractivity contribution >= 4 is 25.2 Å². The van der Waals surface area contributed by atoms with E-state index in [0.717, 1.165) is 23.0 Å². The van der Waals surface area contributed by atoms with E-state index in [1.165, 1.54) is 22.0 Å². The fourth-order valence-electron chi connectivity index (χ4n) is 5.16. The standard InChI is InChI=1S/C20H29NSi/c1-14(2)22(15(3)4,16(5)6)21-13-18-11-7-9-17-10-8-12-19(21)20(17)18/h7-10,12-16H,11H2,1-6H3. The van der Waals surface area contributed by atoms with Gasteiger partial charge in [0.1, 0.15) is 0 Å². The smallest absolute Gasteiger partial charge is 0.169 e. The van der Waals surface area contributed by atoms with Crippen LogP contribution in [0, 0.1) is 0 Å². The minimum absolute atomic E-state index is 0.730. The average molecular weight is 312 g/mol. The summed E-state index contributed by atoms with van der Waals surface area (Å²) in [4.78, 5) is 0. The highest BCUT2D eigenvalue weighted by molar-refractivity contribution is 6.82. The van der Waals surface area contributed by atoms with Crippen LogP contribution >= 0.6 is 0 Å². The van der Waals surface area contributed by atoms with Gasteiger partial charge in [0.2, 0.25) is 0 Å². The summed E-state index contributed by atoms with van der Waals surface area (Å²) in [5.41, 5.74) is 6.58. The van der Waals surface area contributed by atoms with Crippen LogP contribution in [0.3, 0.4) is 0 Å². The van der Waals surface area contributed by atoms with E-state index in [1.807, 2.05) is 0 Å². The first-order chi connectivity index (χ1) is 10.4. The third kappa shape index (κ3) is 1.96. The van der Waals surface area contributed by atoms with Crippen LogP contribution in [0.1, 0.15) is 52.7 Å². The molecule has 1 aliphatic rings. The highest BCUT2D eigenvalue weighted by atomic mass is 28.3. The molecule has 0 bridgehead atoms. The van der Waals surface area contributed by atoms with Gasteiger partial charge in [-0.2, -0.15) is 0 Å². The summed E-state index contributed by atoms with van der Waals surface area (Å²) < 4.78 is 2.76. The van der Waals surface area contributed by atoms with Gasteiger partial charge in [-0.05, 0) is 46.4 Å².